The van der Waals surface area contributed by atoms with Gasteiger partial charge in [-0.3, -0.25) is 4.79 Å². The van der Waals surface area contributed by atoms with Crippen LogP contribution in [0.1, 0.15) is 11.3 Å². The molecule has 1 heterocycles. The second-order valence-electron chi connectivity index (χ2n) is 5.40. The van der Waals surface area contributed by atoms with Crippen LogP contribution in [0.2, 0.25) is 0 Å². The molecule has 0 unspecified atom stereocenters. The number of likely N-dealkylation sites (N-methyl/N-ethyl adjacent to an activating group) is 1. The van der Waals surface area contributed by atoms with E-state index in [9.17, 15) is 4.79 Å². The van der Waals surface area contributed by atoms with Crippen LogP contribution in [0.4, 0.5) is 0 Å². The van der Waals surface area contributed by atoms with E-state index in [1.165, 1.54) is 0 Å². The van der Waals surface area contributed by atoms with Crippen molar-refractivity contribution in [3.8, 4) is 0 Å². The van der Waals surface area contributed by atoms with Crippen molar-refractivity contribution >= 4 is 12.0 Å². The van der Waals surface area contributed by atoms with Crippen molar-refractivity contribution in [2.45, 2.75) is 6.54 Å². The van der Waals surface area contributed by atoms with Gasteiger partial charge in [0.25, 0.3) is 0 Å². The van der Waals surface area contributed by atoms with Crippen LogP contribution in [0.3, 0.4) is 0 Å². The molecule has 0 atom stereocenters. The summed E-state index contributed by atoms with van der Waals surface area (Å²) in [7, 11) is 4.01. The first-order chi connectivity index (χ1) is 10.6. The van der Waals surface area contributed by atoms with Crippen molar-refractivity contribution in [3.63, 3.8) is 0 Å². The van der Waals surface area contributed by atoms with Crippen molar-refractivity contribution in [1.29, 1.82) is 0 Å². The first-order valence-corrected chi connectivity index (χ1v) is 7.34. The average Bonchev–Trinajstić information content (AvgIpc) is 3.03. The summed E-state index contributed by atoms with van der Waals surface area (Å²) in [6.45, 7) is 2.12. The van der Waals surface area contributed by atoms with E-state index >= 15 is 0 Å². The molecule has 4 nitrogen and oxygen atoms in total. The Kier molecular flexibility index (Phi) is 5.98. The first kappa shape index (κ1) is 16.0. The number of furan rings is 1. The minimum Gasteiger partial charge on any atom is -0.465 e. The van der Waals surface area contributed by atoms with Gasteiger partial charge in [-0.25, -0.2) is 0 Å². The van der Waals surface area contributed by atoms with E-state index in [1.54, 1.807) is 24.5 Å². The molecule has 0 aliphatic rings. The third kappa shape index (κ3) is 5.22. The molecule has 0 radical (unpaired) electrons. The SMILES string of the molecule is CN(C)CCN(Cc1ccccc1)C(=O)C=Cc1ccco1. The third-order valence-corrected chi connectivity index (χ3v) is 3.28. The molecule has 2 rings (SSSR count). The van der Waals surface area contributed by atoms with E-state index in [0.29, 0.717) is 18.8 Å². The Morgan fingerprint density at radius 3 is 2.50 bits per heavy atom. The van der Waals surface area contributed by atoms with Crippen LogP contribution in [0, 0.1) is 0 Å². The van der Waals surface area contributed by atoms with Crippen LogP contribution in [0.15, 0.2) is 59.2 Å². The van der Waals surface area contributed by atoms with Gasteiger partial charge in [-0.05, 0) is 37.9 Å². The Morgan fingerprint density at radius 1 is 1.09 bits per heavy atom. The maximum atomic E-state index is 12.4. The lowest BCUT2D eigenvalue weighted by atomic mass is 10.2. The number of nitrogens with zero attached hydrogens (tertiary/aromatic N) is 2. The highest BCUT2D eigenvalue weighted by Gasteiger charge is 2.11. The Bertz CT molecular complexity index is 589. The van der Waals surface area contributed by atoms with Crippen LogP contribution in [0.25, 0.3) is 6.08 Å². The van der Waals surface area contributed by atoms with Gasteiger partial charge in [0.2, 0.25) is 5.91 Å². The quantitative estimate of drug-likeness (QED) is 0.738. The molecule has 116 valence electrons. The summed E-state index contributed by atoms with van der Waals surface area (Å²) in [6, 6.07) is 13.7. The van der Waals surface area contributed by atoms with Crippen LogP contribution >= 0.6 is 0 Å². The Hall–Kier alpha value is -2.33. The maximum absolute atomic E-state index is 12.4. The Labute approximate surface area is 131 Å². The van der Waals surface area contributed by atoms with Crippen LogP contribution in [0.5, 0.6) is 0 Å². The number of carbonyl (C=O) groups is 1. The van der Waals surface area contributed by atoms with Crippen molar-refractivity contribution in [1.82, 2.24) is 9.80 Å². The maximum Gasteiger partial charge on any atom is 0.247 e. The first-order valence-electron chi connectivity index (χ1n) is 7.34. The zero-order valence-corrected chi connectivity index (χ0v) is 13.1. The van der Waals surface area contributed by atoms with Gasteiger partial charge in [-0.1, -0.05) is 30.3 Å². The summed E-state index contributed by atoms with van der Waals surface area (Å²) >= 11 is 0. The van der Waals surface area contributed by atoms with E-state index in [0.717, 1.165) is 12.1 Å². The number of rotatable bonds is 7. The zero-order chi connectivity index (χ0) is 15.8. The van der Waals surface area contributed by atoms with Gasteiger partial charge < -0.3 is 14.2 Å². The van der Waals surface area contributed by atoms with E-state index in [-0.39, 0.29) is 5.91 Å². The predicted molar refractivity (Wildman–Crippen MR) is 88.2 cm³/mol. The second kappa shape index (κ2) is 8.20. The number of hydrogen-bond donors (Lipinski definition) is 0. The summed E-state index contributed by atoms with van der Waals surface area (Å²) in [5, 5.41) is 0. The molecular formula is C18H22N2O2. The molecule has 0 aliphatic carbocycles. The molecule has 2 aromatic rings. The number of carbonyl (C=O) groups excluding carboxylic acids is 1. The van der Waals surface area contributed by atoms with Crippen LogP contribution in [-0.4, -0.2) is 42.9 Å². The highest BCUT2D eigenvalue weighted by Crippen LogP contribution is 2.07. The zero-order valence-electron chi connectivity index (χ0n) is 13.1. The summed E-state index contributed by atoms with van der Waals surface area (Å²) in [5.74, 6) is 0.669. The largest absolute Gasteiger partial charge is 0.465 e. The van der Waals surface area contributed by atoms with Gasteiger partial charge in [0.05, 0.1) is 6.26 Å². The van der Waals surface area contributed by atoms with Crippen molar-refractivity contribution in [2.75, 3.05) is 27.2 Å². The lowest BCUT2D eigenvalue weighted by Crippen LogP contribution is -2.35. The molecule has 0 N–H and O–H groups in total. The summed E-state index contributed by atoms with van der Waals surface area (Å²) in [6.07, 6.45) is 4.87. The van der Waals surface area contributed by atoms with Gasteiger partial charge in [0.15, 0.2) is 0 Å². The second-order valence-corrected chi connectivity index (χ2v) is 5.40. The normalized spacial score (nSPS) is 11.2. The molecule has 22 heavy (non-hydrogen) atoms. The van der Waals surface area contributed by atoms with Gasteiger partial charge in [0.1, 0.15) is 5.76 Å². The third-order valence-electron chi connectivity index (χ3n) is 3.28. The number of amides is 1. The predicted octanol–water partition coefficient (Wildman–Crippen LogP) is 2.88. The molecule has 1 aromatic heterocycles. The molecule has 0 bridgehead atoms. The Morgan fingerprint density at radius 2 is 1.86 bits per heavy atom. The molecule has 4 heteroatoms. The number of benzene rings is 1. The molecular weight excluding hydrogens is 276 g/mol. The van der Waals surface area contributed by atoms with Gasteiger partial charge in [-0.2, -0.15) is 0 Å². The molecule has 0 aliphatic heterocycles. The highest BCUT2D eigenvalue weighted by atomic mass is 16.3. The van der Waals surface area contributed by atoms with E-state index in [1.807, 2.05) is 55.4 Å². The van der Waals surface area contributed by atoms with Gasteiger partial charge >= 0.3 is 0 Å². The molecule has 1 aromatic carbocycles. The van der Waals surface area contributed by atoms with Crippen LogP contribution in [-0.2, 0) is 11.3 Å². The van der Waals surface area contributed by atoms with Gasteiger partial charge in [-0.15, -0.1) is 0 Å². The molecule has 0 saturated carbocycles. The lowest BCUT2D eigenvalue weighted by Gasteiger charge is -2.23. The smallest absolute Gasteiger partial charge is 0.247 e. The highest BCUT2D eigenvalue weighted by molar-refractivity contribution is 5.91. The molecule has 1 amide bonds. The molecule has 0 spiro atoms. The minimum absolute atomic E-state index is 0.0119. The van der Waals surface area contributed by atoms with Gasteiger partial charge in [0, 0.05) is 25.7 Å². The summed E-state index contributed by atoms with van der Waals surface area (Å²) in [4.78, 5) is 16.3. The van der Waals surface area contributed by atoms with Crippen LogP contribution < -0.4 is 0 Å². The van der Waals surface area contributed by atoms with E-state index < -0.39 is 0 Å². The van der Waals surface area contributed by atoms with Crippen molar-refractivity contribution < 1.29 is 9.21 Å². The molecule has 0 fully saturated rings. The van der Waals surface area contributed by atoms with E-state index in [4.69, 9.17) is 4.42 Å². The monoisotopic (exact) mass is 298 g/mol. The standard InChI is InChI=1S/C18H22N2O2/c1-19(2)12-13-20(15-16-7-4-3-5-8-16)18(21)11-10-17-9-6-14-22-17/h3-11,14H,12-13,15H2,1-2H3. The summed E-state index contributed by atoms with van der Waals surface area (Å²) in [5.41, 5.74) is 1.13. The molecule has 0 saturated heterocycles. The summed E-state index contributed by atoms with van der Waals surface area (Å²) < 4.78 is 5.21. The van der Waals surface area contributed by atoms with Crippen molar-refractivity contribution in [2.24, 2.45) is 0 Å². The number of hydrogen-bond acceptors (Lipinski definition) is 3. The average molecular weight is 298 g/mol. The fourth-order valence-electron chi connectivity index (χ4n) is 2.04. The lowest BCUT2D eigenvalue weighted by molar-refractivity contribution is -0.126. The Balaban J connectivity index is 2.04. The minimum atomic E-state index is -0.0119. The van der Waals surface area contributed by atoms with Crippen molar-refractivity contribution in [3.05, 3.63) is 66.1 Å². The fraction of sp³-hybridized carbons (Fsp3) is 0.278. The van der Waals surface area contributed by atoms with E-state index in [2.05, 4.69) is 4.90 Å². The topological polar surface area (TPSA) is 36.7 Å². The fourth-order valence-corrected chi connectivity index (χ4v) is 2.04.